The number of methoxy groups -OCH3 is 1. The molecule has 0 N–H and O–H groups in total. The number of hydrogen-bond acceptors (Lipinski definition) is 4. The van der Waals surface area contributed by atoms with Crippen molar-refractivity contribution in [1.29, 1.82) is 0 Å². The summed E-state index contributed by atoms with van der Waals surface area (Å²) in [5, 5.41) is 4.66. The standard InChI is InChI=1S/C21H19F2N3O2/c1-25-9-8-19-17(12-25)20(16-7-6-14(22)11-18(16)23)24-26(19)15-5-3-4-13(10-15)21(27)28-2/h3-7,10-11H,8-9,12H2,1-2H3. The van der Waals surface area contributed by atoms with Crippen LogP contribution in [0.3, 0.4) is 0 Å². The predicted octanol–water partition coefficient (Wildman–Crippen LogP) is 3.59. The molecule has 1 aromatic heterocycles. The fourth-order valence-electron chi connectivity index (χ4n) is 3.55. The van der Waals surface area contributed by atoms with Crippen molar-refractivity contribution in [1.82, 2.24) is 14.7 Å². The summed E-state index contributed by atoms with van der Waals surface area (Å²) in [6.07, 6.45) is 0.726. The predicted molar refractivity (Wildman–Crippen MR) is 100 cm³/mol. The molecular formula is C21H19F2N3O2. The molecule has 1 aliphatic rings. The number of rotatable bonds is 3. The quantitative estimate of drug-likeness (QED) is 0.649. The van der Waals surface area contributed by atoms with Gasteiger partial charge < -0.3 is 9.64 Å². The Morgan fingerprint density at radius 3 is 2.75 bits per heavy atom. The van der Waals surface area contributed by atoms with Gasteiger partial charge in [0.1, 0.15) is 17.3 Å². The highest BCUT2D eigenvalue weighted by Crippen LogP contribution is 2.33. The van der Waals surface area contributed by atoms with Crippen LogP contribution in [0.1, 0.15) is 21.6 Å². The van der Waals surface area contributed by atoms with Crippen LogP contribution in [0.5, 0.6) is 0 Å². The number of esters is 1. The second-order valence-electron chi connectivity index (χ2n) is 6.84. The lowest BCUT2D eigenvalue weighted by molar-refractivity contribution is 0.0600. The Morgan fingerprint density at radius 2 is 2.00 bits per heavy atom. The zero-order valence-corrected chi connectivity index (χ0v) is 15.6. The normalized spacial score (nSPS) is 14.0. The molecule has 2 heterocycles. The average molecular weight is 383 g/mol. The van der Waals surface area contributed by atoms with E-state index in [1.54, 1.807) is 22.9 Å². The van der Waals surface area contributed by atoms with Gasteiger partial charge in [0.25, 0.3) is 0 Å². The van der Waals surface area contributed by atoms with E-state index in [0.29, 0.717) is 23.5 Å². The molecule has 0 amide bonds. The molecule has 0 spiro atoms. The Kier molecular flexibility index (Phi) is 4.68. The summed E-state index contributed by atoms with van der Waals surface area (Å²) in [5.74, 6) is -1.71. The lowest BCUT2D eigenvalue weighted by atomic mass is 10.0. The van der Waals surface area contributed by atoms with E-state index in [4.69, 9.17) is 4.74 Å². The minimum Gasteiger partial charge on any atom is -0.465 e. The van der Waals surface area contributed by atoms with Crippen LogP contribution < -0.4 is 0 Å². The summed E-state index contributed by atoms with van der Waals surface area (Å²) >= 11 is 0. The van der Waals surface area contributed by atoms with Gasteiger partial charge >= 0.3 is 5.97 Å². The first-order valence-corrected chi connectivity index (χ1v) is 8.91. The van der Waals surface area contributed by atoms with Crippen LogP contribution in [-0.2, 0) is 17.7 Å². The van der Waals surface area contributed by atoms with Gasteiger partial charge in [-0.25, -0.2) is 18.3 Å². The summed E-state index contributed by atoms with van der Waals surface area (Å²) in [5.41, 5.74) is 3.71. The van der Waals surface area contributed by atoms with Crippen LogP contribution in [-0.4, -0.2) is 41.4 Å². The molecule has 0 saturated carbocycles. The van der Waals surface area contributed by atoms with Gasteiger partial charge in [0.2, 0.25) is 0 Å². The molecule has 0 radical (unpaired) electrons. The Bertz CT molecular complexity index is 1060. The fourth-order valence-corrected chi connectivity index (χ4v) is 3.55. The third kappa shape index (κ3) is 3.18. The molecule has 7 heteroatoms. The Balaban J connectivity index is 1.89. The van der Waals surface area contributed by atoms with Gasteiger partial charge in [0, 0.05) is 36.7 Å². The Hall–Kier alpha value is -3.06. The maximum absolute atomic E-state index is 14.5. The summed E-state index contributed by atoms with van der Waals surface area (Å²) in [7, 11) is 3.32. The molecule has 0 aliphatic carbocycles. The zero-order chi connectivity index (χ0) is 19.8. The largest absolute Gasteiger partial charge is 0.465 e. The van der Waals surface area contributed by atoms with E-state index >= 15 is 0 Å². The van der Waals surface area contributed by atoms with E-state index in [0.717, 1.165) is 30.3 Å². The number of halogens is 2. The van der Waals surface area contributed by atoms with Crippen molar-refractivity contribution < 1.29 is 18.3 Å². The molecule has 0 atom stereocenters. The maximum Gasteiger partial charge on any atom is 0.337 e. The van der Waals surface area contributed by atoms with Gasteiger partial charge in [0.05, 0.1) is 24.1 Å². The van der Waals surface area contributed by atoms with E-state index < -0.39 is 17.6 Å². The topological polar surface area (TPSA) is 47.4 Å². The van der Waals surface area contributed by atoms with E-state index in [2.05, 4.69) is 10.00 Å². The monoisotopic (exact) mass is 383 g/mol. The number of nitrogens with zero attached hydrogens (tertiary/aromatic N) is 3. The highest BCUT2D eigenvalue weighted by Gasteiger charge is 2.26. The molecule has 4 rings (SSSR count). The van der Waals surface area contributed by atoms with Gasteiger partial charge in [-0.15, -0.1) is 0 Å². The number of fused-ring (bicyclic) bond motifs is 1. The SMILES string of the molecule is COC(=O)c1cccc(-n2nc(-c3ccc(F)cc3F)c3c2CCN(C)C3)c1. The number of aromatic nitrogens is 2. The minimum atomic E-state index is -0.649. The second kappa shape index (κ2) is 7.16. The summed E-state index contributed by atoms with van der Waals surface area (Å²) in [6, 6.07) is 10.5. The van der Waals surface area contributed by atoms with E-state index in [9.17, 15) is 13.6 Å². The lowest BCUT2D eigenvalue weighted by Gasteiger charge is -2.23. The van der Waals surface area contributed by atoms with Crippen molar-refractivity contribution in [3.63, 3.8) is 0 Å². The molecule has 0 unspecified atom stereocenters. The number of ether oxygens (including phenoxy) is 1. The molecule has 0 fully saturated rings. The molecule has 0 saturated heterocycles. The van der Waals surface area contributed by atoms with E-state index in [-0.39, 0.29) is 5.56 Å². The molecule has 3 aromatic rings. The van der Waals surface area contributed by atoms with Crippen LogP contribution in [0.4, 0.5) is 8.78 Å². The van der Waals surface area contributed by atoms with Crippen LogP contribution in [0.25, 0.3) is 16.9 Å². The molecule has 5 nitrogen and oxygen atoms in total. The lowest BCUT2D eigenvalue weighted by Crippen LogP contribution is -2.27. The van der Waals surface area contributed by atoms with Crippen molar-refractivity contribution in [2.24, 2.45) is 0 Å². The first-order valence-electron chi connectivity index (χ1n) is 8.91. The number of likely N-dealkylation sites (N-methyl/N-ethyl adjacent to an activating group) is 1. The van der Waals surface area contributed by atoms with Crippen molar-refractivity contribution in [2.45, 2.75) is 13.0 Å². The third-order valence-electron chi connectivity index (χ3n) is 4.95. The van der Waals surface area contributed by atoms with Crippen molar-refractivity contribution >= 4 is 5.97 Å². The van der Waals surface area contributed by atoms with Gasteiger partial charge in [-0.2, -0.15) is 5.10 Å². The van der Waals surface area contributed by atoms with Crippen molar-refractivity contribution in [3.05, 3.63) is 70.9 Å². The highest BCUT2D eigenvalue weighted by atomic mass is 19.1. The number of carbonyl (C=O) groups is 1. The van der Waals surface area contributed by atoms with Crippen LogP contribution in [0, 0.1) is 11.6 Å². The Morgan fingerprint density at radius 1 is 1.18 bits per heavy atom. The maximum atomic E-state index is 14.5. The van der Waals surface area contributed by atoms with Crippen molar-refractivity contribution in [2.75, 3.05) is 20.7 Å². The van der Waals surface area contributed by atoms with Gasteiger partial charge in [-0.05, 0) is 37.4 Å². The highest BCUT2D eigenvalue weighted by molar-refractivity contribution is 5.90. The zero-order valence-electron chi connectivity index (χ0n) is 15.6. The van der Waals surface area contributed by atoms with E-state index in [1.807, 2.05) is 13.1 Å². The first-order chi connectivity index (χ1) is 13.5. The first kappa shape index (κ1) is 18.3. The summed E-state index contributed by atoms with van der Waals surface area (Å²) in [6.45, 7) is 1.44. The molecule has 2 aromatic carbocycles. The number of benzene rings is 2. The second-order valence-corrected chi connectivity index (χ2v) is 6.84. The molecule has 1 aliphatic heterocycles. The molecule has 28 heavy (non-hydrogen) atoms. The summed E-state index contributed by atoms with van der Waals surface area (Å²) in [4.78, 5) is 14.0. The molecular weight excluding hydrogens is 364 g/mol. The fraction of sp³-hybridized carbons (Fsp3) is 0.238. The molecule has 0 bridgehead atoms. The van der Waals surface area contributed by atoms with Gasteiger partial charge in [-0.3, -0.25) is 0 Å². The van der Waals surface area contributed by atoms with E-state index in [1.165, 1.54) is 19.2 Å². The van der Waals surface area contributed by atoms with Gasteiger partial charge in [-0.1, -0.05) is 6.07 Å². The number of carbonyl (C=O) groups excluding carboxylic acids is 1. The van der Waals surface area contributed by atoms with Crippen molar-refractivity contribution in [3.8, 4) is 16.9 Å². The number of hydrogen-bond donors (Lipinski definition) is 0. The Labute approximate surface area is 161 Å². The van der Waals surface area contributed by atoms with Crippen LogP contribution >= 0.6 is 0 Å². The average Bonchev–Trinajstić information content (AvgIpc) is 3.06. The van der Waals surface area contributed by atoms with Crippen LogP contribution in [0.15, 0.2) is 42.5 Å². The van der Waals surface area contributed by atoms with Gasteiger partial charge in [0.15, 0.2) is 0 Å². The molecule has 144 valence electrons. The summed E-state index contributed by atoms with van der Waals surface area (Å²) < 4.78 is 34.4. The van der Waals surface area contributed by atoms with Crippen LogP contribution in [0.2, 0.25) is 0 Å². The smallest absolute Gasteiger partial charge is 0.337 e. The third-order valence-corrected chi connectivity index (χ3v) is 4.95. The minimum absolute atomic E-state index is 0.260.